The number of nitrogens with one attached hydrogen (secondary N) is 1. The highest BCUT2D eigenvalue weighted by Gasteiger charge is 2.25. The quantitative estimate of drug-likeness (QED) is 0.372. The third kappa shape index (κ3) is 6.18. The molecule has 0 bridgehead atoms. The molecule has 0 amide bonds. The molecule has 8 heteroatoms. The van der Waals surface area contributed by atoms with Crippen molar-refractivity contribution in [1.29, 1.82) is 0 Å². The number of piperazine rings is 1. The topological polar surface area (TPSA) is 56.2 Å². The highest BCUT2D eigenvalue weighted by Crippen LogP contribution is 2.16. The maximum absolute atomic E-state index is 5.24. The van der Waals surface area contributed by atoms with Gasteiger partial charge in [0.15, 0.2) is 5.96 Å². The van der Waals surface area contributed by atoms with Gasteiger partial charge < -0.3 is 19.9 Å². The second kappa shape index (κ2) is 11.7. The Bertz CT molecular complexity index is 565. The third-order valence-electron chi connectivity index (χ3n) is 5.34. The number of methoxy groups -OCH3 is 1. The number of aromatic nitrogens is 1. The van der Waals surface area contributed by atoms with Gasteiger partial charge in [0.1, 0.15) is 5.82 Å². The standard InChI is InChI=1S/C19H32N6O.HI/c1-20-19(22-16-17-6-5-9-23(17)14-15-26-2)25-12-10-24(11-13-25)18-7-3-4-8-21-18;/h3-4,7-8,17H,5-6,9-16H2,1-2H3,(H,20,22);1H. The van der Waals surface area contributed by atoms with Crippen LogP contribution in [0, 0.1) is 0 Å². The summed E-state index contributed by atoms with van der Waals surface area (Å²) in [6.07, 6.45) is 4.39. The highest BCUT2D eigenvalue weighted by atomic mass is 127. The van der Waals surface area contributed by atoms with Gasteiger partial charge in [-0.2, -0.15) is 0 Å². The first-order chi connectivity index (χ1) is 12.8. The van der Waals surface area contributed by atoms with E-state index in [0.717, 1.165) is 57.7 Å². The van der Waals surface area contributed by atoms with Crippen molar-refractivity contribution in [3.8, 4) is 0 Å². The van der Waals surface area contributed by atoms with Crippen LogP contribution in [0.3, 0.4) is 0 Å². The zero-order valence-electron chi connectivity index (χ0n) is 16.5. The number of nitrogens with zero attached hydrogens (tertiary/aromatic N) is 5. The number of guanidine groups is 1. The molecule has 7 nitrogen and oxygen atoms in total. The van der Waals surface area contributed by atoms with E-state index in [1.807, 2.05) is 25.4 Å². The van der Waals surface area contributed by atoms with E-state index in [4.69, 9.17) is 4.74 Å². The Morgan fingerprint density at radius 1 is 1.26 bits per heavy atom. The zero-order valence-corrected chi connectivity index (χ0v) is 18.8. The Labute approximate surface area is 180 Å². The minimum atomic E-state index is 0. The van der Waals surface area contributed by atoms with Crippen LogP contribution in [0.2, 0.25) is 0 Å². The maximum atomic E-state index is 5.24. The van der Waals surface area contributed by atoms with Crippen molar-refractivity contribution >= 4 is 35.8 Å². The molecule has 2 aliphatic rings. The summed E-state index contributed by atoms with van der Waals surface area (Å²) in [5.74, 6) is 2.08. The Balaban J connectivity index is 0.00000261. The summed E-state index contributed by atoms with van der Waals surface area (Å²) in [5, 5.41) is 3.60. The van der Waals surface area contributed by atoms with E-state index in [0.29, 0.717) is 6.04 Å². The Morgan fingerprint density at radius 3 is 2.74 bits per heavy atom. The van der Waals surface area contributed by atoms with Gasteiger partial charge in [0, 0.05) is 65.7 Å². The fourth-order valence-corrected chi connectivity index (χ4v) is 3.86. The van der Waals surface area contributed by atoms with Gasteiger partial charge >= 0.3 is 0 Å². The molecule has 0 saturated carbocycles. The lowest BCUT2D eigenvalue weighted by molar-refractivity contribution is 0.141. The Hall–Kier alpha value is -1.13. The van der Waals surface area contributed by atoms with Crippen molar-refractivity contribution in [2.24, 2.45) is 4.99 Å². The molecular formula is C19H33IN6O. The summed E-state index contributed by atoms with van der Waals surface area (Å²) in [5.41, 5.74) is 0. The molecule has 2 saturated heterocycles. The molecule has 0 aliphatic carbocycles. The SMILES string of the molecule is CN=C(NCC1CCCN1CCOC)N1CCN(c2ccccn2)CC1.I. The average molecular weight is 488 g/mol. The molecule has 27 heavy (non-hydrogen) atoms. The molecule has 1 atom stereocenters. The molecule has 3 rings (SSSR count). The van der Waals surface area contributed by atoms with Gasteiger partial charge in [0.25, 0.3) is 0 Å². The van der Waals surface area contributed by atoms with Crippen LogP contribution in [-0.4, -0.2) is 93.4 Å². The predicted octanol–water partition coefficient (Wildman–Crippen LogP) is 1.51. The molecule has 1 aromatic rings. The monoisotopic (exact) mass is 488 g/mol. The Morgan fingerprint density at radius 2 is 2.07 bits per heavy atom. The lowest BCUT2D eigenvalue weighted by Gasteiger charge is -2.37. The van der Waals surface area contributed by atoms with Crippen LogP contribution in [0.1, 0.15) is 12.8 Å². The lowest BCUT2D eigenvalue weighted by atomic mass is 10.2. The van der Waals surface area contributed by atoms with Crippen molar-refractivity contribution in [1.82, 2.24) is 20.1 Å². The fraction of sp³-hybridized carbons (Fsp3) is 0.684. The summed E-state index contributed by atoms with van der Waals surface area (Å²) in [6.45, 7) is 7.84. The number of ether oxygens (including phenoxy) is 1. The van der Waals surface area contributed by atoms with E-state index < -0.39 is 0 Å². The minimum absolute atomic E-state index is 0. The van der Waals surface area contributed by atoms with Crippen LogP contribution in [0.5, 0.6) is 0 Å². The van der Waals surface area contributed by atoms with Crippen molar-refractivity contribution in [2.45, 2.75) is 18.9 Å². The van der Waals surface area contributed by atoms with E-state index in [1.54, 1.807) is 7.11 Å². The van der Waals surface area contributed by atoms with Gasteiger partial charge in [-0.05, 0) is 31.5 Å². The summed E-state index contributed by atoms with van der Waals surface area (Å²) >= 11 is 0. The van der Waals surface area contributed by atoms with E-state index in [2.05, 4.69) is 36.1 Å². The normalized spacial score (nSPS) is 21.3. The molecule has 2 fully saturated rings. The van der Waals surface area contributed by atoms with Gasteiger partial charge in [0.2, 0.25) is 0 Å². The van der Waals surface area contributed by atoms with E-state index >= 15 is 0 Å². The molecule has 1 aromatic heterocycles. The largest absolute Gasteiger partial charge is 0.383 e. The molecule has 0 aromatic carbocycles. The van der Waals surface area contributed by atoms with E-state index in [1.165, 1.54) is 19.4 Å². The number of aliphatic imine (C=N–C) groups is 1. The van der Waals surface area contributed by atoms with Crippen LogP contribution < -0.4 is 10.2 Å². The van der Waals surface area contributed by atoms with Crippen molar-refractivity contribution < 1.29 is 4.74 Å². The molecule has 0 radical (unpaired) electrons. The van der Waals surface area contributed by atoms with E-state index in [9.17, 15) is 0 Å². The third-order valence-corrected chi connectivity index (χ3v) is 5.34. The summed E-state index contributed by atoms with van der Waals surface area (Å²) < 4.78 is 5.24. The number of hydrogen-bond donors (Lipinski definition) is 1. The minimum Gasteiger partial charge on any atom is -0.383 e. The van der Waals surface area contributed by atoms with Gasteiger partial charge in [-0.15, -0.1) is 24.0 Å². The number of halogens is 1. The first kappa shape index (κ1) is 22.2. The second-order valence-electron chi connectivity index (χ2n) is 6.91. The molecule has 0 spiro atoms. The predicted molar refractivity (Wildman–Crippen MR) is 121 cm³/mol. The van der Waals surface area contributed by atoms with Gasteiger partial charge in [-0.25, -0.2) is 4.98 Å². The van der Waals surface area contributed by atoms with Gasteiger partial charge in [-0.1, -0.05) is 6.07 Å². The lowest BCUT2D eigenvalue weighted by Crippen LogP contribution is -2.54. The number of rotatable bonds is 6. The van der Waals surface area contributed by atoms with Gasteiger partial charge in [0.05, 0.1) is 6.61 Å². The van der Waals surface area contributed by atoms with Crippen molar-refractivity contribution in [3.63, 3.8) is 0 Å². The van der Waals surface area contributed by atoms with Crippen LogP contribution in [0.25, 0.3) is 0 Å². The number of pyridine rings is 1. The van der Waals surface area contributed by atoms with Crippen LogP contribution >= 0.6 is 24.0 Å². The first-order valence-corrected chi connectivity index (χ1v) is 9.66. The number of likely N-dealkylation sites (tertiary alicyclic amines) is 1. The smallest absolute Gasteiger partial charge is 0.193 e. The van der Waals surface area contributed by atoms with Crippen molar-refractivity contribution in [3.05, 3.63) is 24.4 Å². The molecule has 1 N–H and O–H groups in total. The van der Waals surface area contributed by atoms with E-state index in [-0.39, 0.29) is 24.0 Å². The van der Waals surface area contributed by atoms with Crippen LogP contribution in [0.15, 0.2) is 29.4 Å². The maximum Gasteiger partial charge on any atom is 0.193 e. The van der Waals surface area contributed by atoms with Crippen LogP contribution in [0.4, 0.5) is 5.82 Å². The second-order valence-corrected chi connectivity index (χ2v) is 6.91. The summed E-state index contributed by atoms with van der Waals surface area (Å²) in [6, 6.07) is 6.67. The summed E-state index contributed by atoms with van der Waals surface area (Å²) in [7, 11) is 3.65. The zero-order chi connectivity index (χ0) is 18.2. The number of hydrogen-bond acceptors (Lipinski definition) is 5. The number of anilines is 1. The molecule has 3 heterocycles. The average Bonchev–Trinajstić information content (AvgIpc) is 3.15. The van der Waals surface area contributed by atoms with Crippen LogP contribution in [-0.2, 0) is 4.74 Å². The molecule has 1 unspecified atom stereocenters. The molecule has 152 valence electrons. The summed E-state index contributed by atoms with van der Waals surface area (Å²) in [4.78, 5) is 16.2. The molecule has 2 aliphatic heterocycles. The molecular weight excluding hydrogens is 455 g/mol. The Kier molecular flexibility index (Phi) is 9.57. The van der Waals surface area contributed by atoms with Gasteiger partial charge in [-0.3, -0.25) is 9.89 Å². The van der Waals surface area contributed by atoms with Crippen molar-refractivity contribution in [2.75, 3.05) is 71.5 Å². The first-order valence-electron chi connectivity index (χ1n) is 9.66. The fourth-order valence-electron chi connectivity index (χ4n) is 3.86. The highest BCUT2D eigenvalue weighted by molar-refractivity contribution is 14.0.